The normalized spacial score (nSPS) is 23.1. The molecule has 0 spiro atoms. The van der Waals surface area contributed by atoms with Crippen molar-refractivity contribution in [3.05, 3.63) is 59.2 Å². The number of hydrogen-bond donors (Lipinski definition) is 1. The Kier molecular flexibility index (Phi) is 6.12. The van der Waals surface area contributed by atoms with Gasteiger partial charge in [0.2, 0.25) is 0 Å². The van der Waals surface area contributed by atoms with Gasteiger partial charge in [-0.1, -0.05) is 30.1 Å². The maximum atomic E-state index is 10.4. The Balaban J connectivity index is 1.40. The molecular weight excluding hydrogens is 479 g/mol. The fourth-order valence-corrected chi connectivity index (χ4v) is 4.68. The van der Waals surface area contributed by atoms with Gasteiger partial charge in [-0.25, -0.2) is 9.97 Å². The zero-order valence-corrected chi connectivity index (χ0v) is 20.4. The highest BCUT2D eigenvalue weighted by Crippen LogP contribution is 2.40. The largest absolute Gasteiger partial charge is 0.491 e. The van der Waals surface area contributed by atoms with Crippen LogP contribution in [-0.2, 0) is 9.47 Å². The Bertz CT molecular complexity index is 1340. The van der Waals surface area contributed by atoms with Crippen molar-refractivity contribution >= 4 is 45.1 Å². The summed E-state index contributed by atoms with van der Waals surface area (Å²) in [5.41, 5.74) is 1.38. The summed E-state index contributed by atoms with van der Waals surface area (Å²) >= 11 is 12.5. The summed E-state index contributed by atoms with van der Waals surface area (Å²) in [6.45, 7) is 5.49. The number of benzene rings is 1. The monoisotopic (exact) mass is 502 g/mol. The van der Waals surface area contributed by atoms with E-state index in [9.17, 15) is 5.11 Å². The lowest BCUT2D eigenvalue weighted by Gasteiger charge is -2.29. The molecule has 5 rings (SSSR count). The van der Waals surface area contributed by atoms with Crippen molar-refractivity contribution in [1.29, 1.82) is 0 Å². The van der Waals surface area contributed by atoms with Gasteiger partial charge in [-0.2, -0.15) is 0 Å². The van der Waals surface area contributed by atoms with Crippen LogP contribution in [0.5, 0.6) is 5.75 Å². The van der Waals surface area contributed by atoms with Gasteiger partial charge < -0.3 is 23.9 Å². The van der Waals surface area contributed by atoms with E-state index in [2.05, 4.69) is 15.0 Å². The van der Waals surface area contributed by atoms with Gasteiger partial charge in [0.15, 0.2) is 12.0 Å². The van der Waals surface area contributed by atoms with Crippen LogP contribution in [0.2, 0.25) is 10.2 Å². The summed E-state index contributed by atoms with van der Waals surface area (Å²) in [5, 5.41) is 13.0. The van der Waals surface area contributed by atoms with Crippen LogP contribution >= 0.6 is 23.2 Å². The number of halogens is 2. The highest BCUT2D eigenvalue weighted by Gasteiger charge is 2.46. The summed E-state index contributed by atoms with van der Waals surface area (Å²) in [6.07, 6.45) is 3.59. The van der Waals surface area contributed by atoms with Gasteiger partial charge in [0.25, 0.3) is 0 Å². The van der Waals surface area contributed by atoms with Crippen LogP contribution in [0.15, 0.2) is 49.1 Å². The molecule has 8 nitrogen and oxygen atoms in total. The minimum absolute atomic E-state index is 0.0980. The molecule has 1 fully saturated rings. The molecule has 0 aliphatic carbocycles. The van der Waals surface area contributed by atoms with Crippen LogP contribution in [0.25, 0.3) is 21.9 Å². The first-order chi connectivity index (χ1) is 16.2. The SMILES string of the molecule is C[C@H]1[C@@H](OC(C)(C)O)[C@H](n2ccc3c(Cl)ncnc32)O[C@@H]1COc1ccc2c(Cl)ccnc2c1. The molecule has 1 saturated heterocycles. The minimum Gasteiger partial charge on any atom is -0.491 e. The summed E-state index contributed by atoms with van der Waals surface area (Å²) in [4.78, 5) is 12.8. The Labute approximate surface area is 206 Å². The summed E-state index contributed by atoms with van der Waals surface area (Å²) in [5.74, 6) is -0.790. The molecule has 3 aromatic heterocycles. The van der Waals surface area contributed by atoms with Crippen LogP contribution in [0, 0.1) is 5.92 Å². The van der Waals surface area contributed by atoms with Gasteiger partial charge >= 0.3 is 0 Å². The fraction of sp³-hybridized carbons (Fsp3) is 0.375. The second-order valence-corrected chi connectivity index (χ2v) is 9.63. The molecule has 1 N–H and O–H groups in total. The smallest absolute Gasteiger partial charge is 0.162 e. The van der Waals surface area contributed by atoms with Crippen molar-refractivity contribution in [2.45, 2.75) is 45.0 Å². The zero-order valence-electron chi connectivity index (χ0n) is 18.9. The Morgan fingerprint density at radius 3 is 2.74 bits per heavy atom. The summed E-state index contributed by atoms with van der Waals surface area (Å²) < 4.78 is 20.4. The average molecular weight is 503 g/mol. The molecule has 34 heavy (non-hydrogen) atoms. The van der Waals surface area contributed by atoms with Gasteiger partial charge in [-0.15, -0.1) is 0 Å². The summed E-state index contributed by atoms with van der Waals surface area (Å²) in [6, 6.07) is 9.18. The van der Waals surface area contributed by atoms with E-state index in [1.807, 2.05) is 42.0 Å². The van der Waals surface area contributed by atoms with Crippen LogP contribution in [0.3, 0.4) is 0 Å². The molecule has 0 saturated carbocycles. The third-order valence-electron chi connectivity index (χ3n) is 5.93. The highest BCUT2D eigenvalue weighted by atomic mass is 35.5. The average Bonchev–Trinajstić information content (AvgIpc) is 3.34. The molecule has 0 bridgehead atoms. The fourth-order valence-electron chi connectivity index (χ4n) is 4.27. The molecule has 4 atom stereocenters. The first-order valence-electron chi connectivity index (χ1n) is 10.9. The number of nitrogens with zero attached hydrogens (tertiary/aromatic N) is 4. The predicted octanol–water partition coefficient (Wildman–Crippen LogP) is 5.01. The molecule has 1 aliphatic heterocycles. The first kappa shape index (κ1) is 23.3. The number of fused-ring (bicyclic) bond motifs is 2. The highest BCUT2D eigenvalue weighted by molar-refractivity contribution is 6.35. The Hall–Kier alpha value is -2.49. The molecular formula is C24H24Cl2N4O4. The zero-order chi connectivity index (χ0) is 24.0. The van der Waals surface area contributed by atoms with E-state index in [-0.39, 0.29) is 18.6 Å². The van der Waals surface area contributed by atoms with Gasteiger partial charge in [0.1, 0.15) is 35.6 Å². The number of hydrogen-bond acceptors (Lipinski definition) is 7. The van der Waals surface area contributed by atoms with Gasteiger partial charge in [0, 0.05) is 29.8 Å². The molecule has 4 heterocycles. The van der Waals surface area contributed by atoms with E-state index in [0.717, 1.165) is 10.9 Å². The number of pyridine rings is 1. The van der Waals surface area contributed by atoms with Crippen molar-refractivity contribution < 1.29 is 19.3 Å². The van der Waals surface area contributed by atoms with E-state index in [4.69, 9.17) is 37.4 Å². The van der Waals surface area contributed by atoms with E-state index in [1.165, 1.54) is 6.33 Å². The summed E-state index contributed by atoms with van der Waals surface area (Å²) in [7, 11) is 0. The standard InChI is InChI=1S/C24H24Cl2N4O4/c1-13-19(11-32-14-4-5-15-17(25)6-8-27-18(15)10-14)33-23(20(13)34-24(2,3)31)30-9-7-16-21(26)28-12-29-22(16)30/h4-10,12-13,19-20,23,31H,11H2,1-3H3/t13-,19-,20-,23-/m1/s1. The topological polar surface area (TPSA) is 91.5 Å². The van der Waals surface area contributed by atoms with Crippen LogP contribution < -0.4 is 4.74 Å². The molecule has 178 valence electrons. The number of aliphatic hydroxyl groups is 1. The molecule has 4 aromatic rings. The van der Waals surface area contributed by atoms with Gasteiger partial charge in [-0.3, -0.25) is 4.98 Å². The first-order valence-corrected chi connectivity index (χ1v) is 11.7. The van der Waals surface area contributed by atoms with Gasteiger partial charge in [0.05, 0.1) is 22.0 Å². The second-order valence-electron chi connectivity index (χ2n) is 8.86. The van der Waals surface area contributed by atoms with E-state index in [0.29, 0.717) is 27.0 Å². The Morgan fingerprint density at radius 2 is 1.94 bits per heavy atom. The van der Waals surface area contributed by atoms with E-state index >= 15 is 0 Å². The quantitative estimate of drug-likeness (QED) is 0.292. The minimum atomic E-state index is -1.35. The molecule has 0 radical (unpaired) electrons. The Morgan fingerprint density at radius 1 is 1.12 bits per heavy atom. The molecule has 0 unspecified atom stereocenters. The van der Waals surface area contributed by atoms with Crippen molar-refractivity contribution in [2.75, 3.05) is 6.61 Å². The lowest BCUT2D eigenvalue weighted by molar-refractivity contribution is -0.227. The van der Waals surface area contributed by atoms with Crippen LogP contribution in [-0.4, -0.2) is 49.2 Å². The van der Waals surface area contributed by atoms with Crippen molar-refractivity contribution in [3.63, 3.8) is 0 Å². The van der Waals surface area contributed by atoms with Crippen molar-refractivity contribution in [1.82, 2.24) is 19.5 Å². The van der Waals surface area contributed by atoms with Crippen molar-refractivity contribution in [3.8, 4) is 5.75 Å². The molecule has 1 aliphatic rings. The second kappa shape index (κ2) is 8.94. The maximum Gasteiger partial charge on any atom is 0.162 e. The maximum absolute atomic E-state index is 10.4. The molecule has 10 heteroatoms. The number of aromatic nitrogens is 4. The third kappa shape index (κ3) is 4.44. The van der Waals surface area contributed by atoms with Gasteiger partial charge in [-0.05, 0) is 38.1 Å². The lowest BCUT2D eigenvalue weighted by Crippen LogP contribution is -2.37. The van der Waals surface area contributed by atoms with E-state index < -0.39 is 18.1 Å². The predicted molar refractivity (Wildman–Crippen MR) is 129 cm³/mol. The number of rotatable bonds is 6. The molecule has 1 aromatic carbocycles. The lowest BCUT2D eigenvalue weighted by atomic mass is 10.00. The van der Waals surface area contributed by atoms with Crippen LogP contribution in [0.1, 0.15) is 27.0 Å². The van der Waals surface area contributed by atoms with Crippen molar-refractivity contribution in [2.24, 2.45) is 5.92 Å². The third-order valence-corrected chi connectivity index (χ3v) is 6.57. The van der Waals surface area contributed by atoms with Crippen LogP contribution in [0.4, 0.5) is 0 Å². The van der Waals surface area contributed by atoms with E-state index in [1.54, 1.807) is 26.1 Å². The number of ether oxygens (including phenoxy) is 3. The molecule has 0 amide bonds.